The molecule has 1 amide bonds. The average molecular weight is 286 g/mol. The summed E-state index contributed by atoms with van der Waals surface area (Å²) in [6.45, 7) is 2.09. The van der Waals surface area contributed by atoms with Crippen LogP contribution in [0, 0.1) is 6.92 Å². The van der Waals surface area contributed by atoms with E-state index in [-0.39, 0.29) is 19.8 Å². The van der Waals surface area contributed by atoms with Gasteiger partial charge in [0.15, 0.2) is 0 Å². The number of benzene rings is 1. The Morgan fingerprint density at radius 3 is 2.71 bits per heavy atom. The maximum absolute atomic E-state index is 12.2. The molecule has 0 aliphatic heterocycles. The monoisotopic (exact) mass is 286 g/mol. The van der Waals surface area contributed by atoms with E-state index in [1.807, 2.05) is 43.3 Å². The minimum atomic E-state index is -0.522. The van der Waals surface area contributed by atoms with E-state index in [1.165, 1.54) is 4.90 Å². The molecule has 5 nitrogen and oxygen atoms in total. The van der Waals surface area contributed by atoms with E-state index in [2.05, 4.69) is 4.98 Å². The number of anilines is 1. The Morgan fingerprint density at radius 1 is 1.29 bits per heavy atom. The molecule has 5 heteroatoms. The average Bonchev–Trinajstić information content (AvgIpc) is 2.51. The van der Waals surface area contributed by atoms with E-state index in [0.717, 1.165) is 11.1 Å². The van der Waals surface area contributed by atoms with Gasteiger partial charge in [-0.25, -0.2) is 9.78 Å². The Hall–Kier alpha value is -2.40. The second kappa shape index (κ2) is 7.40. The first-order valence-corrected chi connectivity index (χ1v) is 6.72. The van der Waals surface area contributed by atoms with E-state index >= 15 is 0 Å². The van der Waals surface area contributed by atoms with Gasteiger partial charge in [0.25, 0.3) is 0 Å². The molecule has 0 radical (unpaired) electrons. The van der Waals surface area contributed by atoms with E-state index in [9.17, 15) is 4.79 Å². The molecule has 2 aromatic rings. The number of carbonyl (C=O) groups is 1. The van der Waals surface area contributed by atoms with Crippen molar-refractivity contribution >= 4 is 11.9 Å². The van der Waals surface area contributed by atoms with Crippen LogP contribution < -0.4 is 4.90 Å². The molecular formula is C16H18N2O3. The van der Waals surface area contributed by atoms with Crippen LogP contribution in [0.4, 0.5) is 10.6 Å². The van der Waals surface area contributed by atoms with E-state index < -0.39 is 6.09 Å². The molecular weight excluding hydrogens is 268 g/mol. The van der Waals surface area contributed by atoms with Crippen LogP contribution in [0.1, 0.15) is 11.1 Å². The van der Waals surface area contributed by atoms with Gasteiger partial charge >= 0.3 is 6.09 Å². The van der Waals surface area contributed by atoms with Crippen molar-refractivity contribution in [3.63, 3.8) is 0 Å². The number of pyridine rings is 1. The molecule has 2 rings (SSSR count). The molecule has 0 saturated heterocycles. The van der Waals surface area contributed by atoms with Crippen LogP contribution in [0.25, 0.3) is 0 Å². The molecule has 1 aromatic carbocycles. The van der Waals surface area contributed by atoms with Gasteiger partial charge < -0.3 is 9.84 Å². The van der Waals surface area contributed by atoms with Crippen molar-refractivity contribution in [1.82, 2.24) is 4.98 Å². The lowest BCUT2D eigenvalue weighted by Crippen LogP contribution is -2.34. The molecule has 0 saturated carbocycles. The molecule has 0 fully saturated rings. The van der Waals surface area contributed by atoms with Crippen molar-refractivity contribution < 1.29 is 14.6 Å². The lowest BCUT2D eigenvalue weighted by atomic mass is 10.2. The van der Waals surface area contributed by atoms with Crippen LogP contribution in [0.5, 0.6) is 0 Å². The maximum atomic E-state index is 12.2. The van der Waals surface area contributed by atoms with Crippen molar-refractivity contribution in [2.75, 3.05) is 18.1 Å². The minimum Gasteiger partial charge on any atom is -0.444 e. The van der Waals surface area contributed by atoms with Crippen LogP contribution in [0.15, 0.2) is 48.7 Å². The minimum absolute atomic E-state index is 0.143. The van der Waals surface area contributed by atoms with Crippen LogP contribution >= 0.6 is 0 Å². The molecule has 0 atom stereocenters. The fraction of sp³-hybridized carbons (Fsp3) is 0.250. The molecule has 110 valence electrons. The van der Waals surface area contributed by atoms with Gasteiger partial charge in [0.2, 0.25) is 0 Å². The summed E-state index contributed by atoms with van der Waals surface area (Å²) in [5, 5.41) is 9.12. The summed E-state index contributed by atoms with van der Waals surface area (Å²) < 4.78 is 5.27. The summed E-state index contributed by atoms with van der Waals surface area (Å²) in [4.78, 5) is 17.6. The maximum Gasteiger partial charge on any atom is 0.415 e. The Labute approximate surface area is 123 Å². The standard InChI is InChI=1S/C16H18N2O3/c1-13-7-8-17-15(11-13)18(9-10-19)16(20)21-12-14-5-3-2-4-6-14/h2-8,11,19H,9-10,12H2,1H3. The van der Waals surface area contributed by atoms with Crippen LogP contribution in [0.2, 0.25) is 0 Å². The first kappa shape index (κ1) is 15.0. The van der Waals surface area contributed by atoms with Gasteiger partial charge in [-0.3, -0.25) is 4.90 Å². The lowest BCUT2D eigenvalue weighted by Gasteiger charge is -2.20. The predicted molar refractivity (Wildman–Crippen MR) is 80.0 cm³/mol. The number of hydrogen-bond donors (Lipinski definition) is 1. The van der Waals surface area contributed by atoms with Crippen molar-refractivity contribution in [2.45, 2.75) is 13.5 Å². The SMILES string of the molecule is Cc1ccnc(N(CCO)C(=O)OCc2ccccc2)c1. The second-order valence-corrected chi connectivity index (χ2v) is 4.61. The predicted octanol–water partition coefficient (Wildman–Crippen LogP) is 2.53. The molecule has 1 heterocycles. The van der Waals surface area contributed by atoms with Gasteiger partial charge in [0.05, 0.1) is 13.2 Å². The largest absolute Gasteiger partial charge is 0.444 e. The highest BCUT2D eigenvalue weighted by Gasteiger charge is 2.18. The summed E-state index contributed by atoms with van der Waals surface area (Å²) in [5.41, 5.74) is 1.89. The number of rotatable bonds is 5. The third kappa shape index (κ3) is 4.29. The number of hydrogen-bond acceptors (Lipinski definition) is 4. The van der Waals surface area contributed by atoms with Crippen LogP contribution in [-0.4, -0.2) is 29.3 Å². The number of ether oxygens (including phenoxy) is 1. The summed E-state index contributed by atoms with van der Waals surface area (Å²) in [7, 11) is 0. The van der Waals surface area contributed by atoms with Gasteiger partial charge in [-0.15, -0.1) is 0 Å². The summed E-state index contributed by atoms with van der Waals surface area (Å²) in [6, 6.07) is 13.1. The Kier molecular flexibility index (Phi) is 5.29. The van der Waals surface area contributed by atoms with Gasteiger partial charge in [-0.05, 0) is 30.2 Å². The zero-order chi connectivity index (χ0) is 15.1. The fourth-order valence-corrected chi connectivity index (χ4v) is 1.86. The van der Waals surface area contributed by atoms with Gasteiger partial charge in [-0.1, -0.05) is 30.3 Å². The first-order chi connectivity index (χ1) is 10.2. The summed E-state index contributed by atoms with van der Waals surface area (Å²) >= 11 is 0. The topological polar surface area (TPSA) is 62.7 Å². The quantitative estimate of drug-likeness (QED) is 0.917. The van der Waals surface area contributed by atoms with Gasteiger partial charge in [0.1, 0.15) is 12.4 Å². The Morgan fingerprint density at radius 2 is 2.05 bits per heavy atom. The number of aryl methyl sites for hydroxylation is 1. The zero-order valence-electron chi connectivity index (χ0n) is 11.9. The summed E-state index contributed by atoms with van der Waals surface area (Å²) in [5.74, 6) is 0.474. The number of amides is 1. The van der Waals surface area contributed by atoms with E-state index in [0.29, 0.717) is 5.82 Å². The fourth-order valence-electron chi connectivity index (χ4n) is 1.86. The molecule has 0 aliphatic rings. The van der Waals surface area contributed by atoms with Crippen molar-refractivity contribution in [1.29, 1.82) is 0 Å². The van der Waals surface area contributed by atoms with Crippen molar-refractivity contribution in [3.8, 4) is 0 Å². The molecule has 0 aliphatic carbocycles. The molecule has 1 aromatic heterocycles. The molecule has 0 bridgehead atoms. The van der Waals surface area contributed by atoms with Gasteiger partial charge in [-0.2, -0.15) is 0 Å². The zero-order valence-corrected chi connectivity index (χ0v) is 11.9. The van der Waals surface area contributed by atoms with Crippen molar-refractivity contribution in [2.24, 2.45) is 0 Å². The number of carbonyl (C=O) groups excluding carboxylic acids is 1. The molecule has 0 spiro atoms. The number of nitrogens with zero attached hydrogens (tertiary/aromatic N) is 2. The first-order valence-electron chi connectivity index (χ1n) is 6.72. The van der Waals surface area contributed by atoms with Gasteiger partial charge in [0, 0.05) is 6.20 Å². The molecule has 1 N–H and O–H groups in total. The third-order valence-electron chi connectivity index (χ3n) is 2.93. The highest BCUT2D eigenvalue weighted by atomic mass is 16.6. The second-order valence-electron chi connectivity index (χ2n) is 4.61. The van der Waals surface area contributed by atoms with Crippen molar-refractivity contribution in [3.05, 3.63) is 59.8 Å². The molecule has 0 unspecified atom stereocenters. The van der Waals surface area contributed by atoms with Crippen LogP contribution in [0.3, 0.4) is 0 Å². The number of aliphatic hydroxyl groups is 1. The summed E-state index contributed by atoms with van der Waals surface area (Å²) in [6.07, 6.45) is 1.10. The third-order valence-corrected chi connectivity index (χ3v) is 2.93. The molecule has 21 heavy (non-hydrogen) atoms. The Bertz CT molecular complexity index is 587. The highest BCUT2D eigenvalue weighted by molar-refractivity contribution is 5.86. The smallest absolute Gasteiger partial charge is 0.415 e. The number of aliphatic hydroxyl groups excluding tert-OH is 1. The van der Waals surface area contributed by atoms with Crippen LogP contribution in [-0.2, 0) is 11.3 Å². The normalized spacial score (nSPS) is 10.2. The highest BCUT2D eigenvalue weighted by Crippen LogP contribution is 2.14. The lowest BCUT2D eigenvalue weighted by molar-refractivity contribution is 0.145. The van der Waals surface area contributed by atoms with E-state index in [4.69, 9.17) is 9.84 Å². The number of aromatic nitrogens is 1. The van der Waals surface area contributed by atoms with E-state index in [1.54, 1.807) is 12.3 Å². The Balaban J connectivity index is 2.05.